The van der Waals surface area contributed by atoms with E-state index in [1.165, 1.54) is 0 Å². The van der Waals surface area contributed by atoms with E-state index in [2.05, 4.69) is 0 Å². The zero-order valence-electron chi connectivity index (χ0n) is 24.7. The maximum Gasteiger partial charge on any atom is 0.340 e. The van der Waals surface area contributed by atoms with Gasteiger partial charge in [-0.3, -0.25) is 9.59 Å². The number of benzene rings is 3. The molecule has 0 aliphatic carbocycles. The van der Waals surface area contributed by atoms with Crippen LogP contribution in [0.15, 0.2) is 89.4 Å². The quantitative estimate of drug-likeness (QED) is 0.160. The van der Waals surface area contributed by atoms with Crippen molar-refractivity contribution in [1.29, 1.82) is 0 Å². The molecule has 0 N–H and O–H groups in total. The summed E-state index contributed by atoms with van der Waals surface area (Å²) in [6.45, 7) is 4.27. The third-order valence-corrected chi connectivity index (χ3v) is 11.4. The molecule has 0 bridgehead atoms. The minimum Gasteiger partial charge on any atom is -0.489 e. The third kappa shape index (κ3) is 4.43. The van der Waals surface area contributed by atoms with Crippen molar-refractivity contribution in [2.45, 2.75) is 37.7 Å². The molecule has 4 aromatic rings. The second-order valence-corrected chi connectivity index (χ2v) is 14.0. The van der Waals surface area contributed by atoms with Crippen LogP contribution in [-0.2, 0) is 26.3 Å². The van der Waals surface area contributed by atoms with Gasteiger partial charge in [-0.05, 0) is 60.7 Å². The molecule has 4 aliphatic heterocycles. The molecule has 1 amide bonds. The van der Waals surface area contributed by atoms with E-state index in [1.807, 2.05) is 90.9 Å². The molecule has 45 heavy (non-hydrogen) atoms. The molecule has 4 aliphatic rings. The first-order valence-electron chi connectivity index (χ1n) is 14.9. The van der Waals surface area contributed by atoms with Crippen molar-refractivity contribution in [2.75, 3.05) is 12.4 Å². The van der Waals surface area contributed by atoms with Gasteiger partial charge in [-0.2, -0.15) is 0 Å². The van der Waals surface area contributed by atoms with Gasteiger partial charge in [0.05, 0.1) is 16.9 Å². The molecule has 3 atom stereocenters. The highest BCUT2D eigenvalue weighted by Crippen LogP contribution is 2.56. The molecule has 226 valence electrons. The van der Waals surface area contributed by atoms with Crippen molar-refractivity contribution in [2.24, 2.45) is 5.92 Å². The van der Waals surface area contributed by atoms with E-state index < -0.39 is 5.60 Å². The largest absolute Gasteiger partial charge is 0.489 e. The Balaban J connectivity index is 1.02. The second kappa shape index (κ2) is 10.6. The van der Waals surface area contributed by atoms with Gasteiger partial charge in [0.1, 0.15) is 29.6 Å². The number of rotatable bonds is 7. The van der Waals surface area contributed by atoms with Crippen LogP contribution in [0.2, 0.25) is 0 Å². The number of hydrogen-bond donors (Lipinski definition) is 0. The van der Waals surface area contributed by atoms with Crippen molar-refractivity contribution in [3.63, 3.8) is 0 Å². The number of ether oxygens (including phenoxy) is 3. The van der Waals surface area contributed by atoms with Crippen LogP contribution < -0.4 is 9.47 Å². The number of amides is 1. The molecule has 8 rings (SSSR count). The van der Waals surface area contributed by atoms with Crippen LogP contribution in [0.25, 0.3) is 0 Å². The first-order valence-corrected chi connectivity index (χ1v) is 16.8. The molecule has 5 heterocycles. The molecule has 0 radical (unpaired) electrons. The van der Waals surface area contributed by atoms with Crippen LogP contribution >= 0.6 is 23.1 Å². The van der Waals surface area contributed by atoms with Gasteiger partial charge >= 0.3 is 5.97 Å². The Morgan fingerprint density at radius 3 is 2.60 bits per heavy atom. The summed E-state index contributed by atoms with van der Waals surface area (Å²) in [5.41, 5.74) is 4.70. The molecular formula is C36H29NO6S2. The SMILES string of the molecule is CC1=C(COc2ccc3c(c2)Oc2cc(C)ccc2C32OC(=O)c3ccccc32)CSC2C(CC(=O)Cc3cccs3)C(=O)N12. The zero-order valence-corrected chi connectivity index (χ0v) is 26.3. The fourth-order valence-corrected chi connectivity index (χ4v) is 9.07. The number of Topliss-reactive ketones (excluding diaryl/α,β-unsaturated/α-hetero) is 1. The number of thiophene rings is 1. The Morgan fingerprint density at radius 2 is 1.78 bits per heavy atom. The monoisotopic (exact) mass is 635 g/mol. The fourth-order valence-electron chi connectivity index (χ4n) is 6.81. The number of allylic oxidation sites excluding steroid dienone is 1. The van der Waals surface area contributed by atoms with Gasteiger partial charge in [0, 0.05) is 51.9 Å². The van der Waals surface area contributed by atoms with Crippen molar-refractivity contribution >= 4 is 40.8 Å². The van der Waals surface area contributed by atoms with Crippen LogP contribution in [0.4, 0.5) is 0 Å². The van der Waals surface area contributed by atoms with Crippen molar-refractivity contribution in [3.05, 3.63) is 122 Å². The summed E-state index contributed by atoms with van der Waals surface area (Å²) in [5.74, 6) is 2.01. The number of fused-ring (bicyclic) bond motifs is 7. The first-order chi connectivity index (χ1) is 21.8. The highest BCUT2D eigenvalue weighted by atomic mass is 32.2. The average Bonchev–Trinajstić information content (AvgIpc) is 3.65. The number of carbonyl (C=O) groups excluding carboxylic acids is 3. The highest BCUT2D eigenvalue weighted by molar-refractivity contribution is 8.00. The average molecular weight is 636 g/mol. The Kier molecular flexibility index (Phi) is 6.65. The van der Waals surface area contributed by atoms with Crippen molar-refractivity contribution < 1.29 is 28.6 Å². The maximum atomic E-state index is 13.1. The minimum absolute atomic E-state index is 0.00885. The Hall–Kier alpha value is -4.34. The highest BCUT2D eigenvalue weighted by Gasteiger charge is 2.54. The summed E-state index contributed by atoms with van der Waals surface area (Å²) in [4.78, 5) is 41.7. The summed E-state index contributed by atoms with van der Waals surface area (Å²) < 4.78 is 18.9. The number of thioether (sulfide) groups is 1. The van der Waals surface area contributed by atoms with E-state index in [0.29, 0.717) is 35.8 Å². The number of hydrogen-bond acceptors (Lipinski definition) is 8. The summed E-state index contributed by atoms with van der Waals surface area (Å²) in [5, 5.41) is 1.95. The number of carbonyl (C=O) groups is 3. The first kappa shape index (κ1) is 28.2. The number of nitrogens with zero attached hydrogens (tertiary/aromatic N) is 1. The standard InChI is InChI=1S/C36H29NO6S2/c1-20-9-11-29-31(14-20)42-32-17-24(10-12-30(32)36(29)28-8-4-3-7-26(28)35(40)43-36)41-18-22-19-45-34-27(33(39)37(34)21(22)2)16-23(38)15-25-6-5-13-44-25/h3-14,17,27,34H,15-16,18-19H2,1-2H3. The predicted molar refractivity (Wildman–Crippen MR) is 172 cm³/mol. The number of aryl methyl sites for hydroxylation is 1. The van der Waals surface area contributed by atoms with E-state index in [0.717, 1.165) is 44.2 Å². The number of esters is 1. The van der Waals surface area contributed by atoms with E-state index in [-0.39, 0.29) is 35.4 Å². The van der Waals surface area contributed by atoms with Crippen LogP contribution in [0.3, 0.4) is 0 Å². The molecule has 1 spiro atoms. The van der Waals surface area contributed by atoms with Gasteiger partial charge in [0.25, 0.3) is 0 Å². The van der Waals surface area contributed by atoms with Crippen LogP contribution in [0.1, 0.15) is 50.8 Å². The van der Waals surface area contributed by atoms with Gasteiger partial charge < -0.3 is 19.1 Å². The van der Waals surface area contributed by atoms with Crippen LogP contribution in [0.5, 0.6) is 17.2 Å². The topological polar surface area (TPSA) is 82.1 Å². The van der Waals surface area contributed by atoms with Gasteiger partial charge in [0.15, 0.2) is 5.60 Å². The predicted octanol–water partition coefficient (Wildman–Crippen LogP) is 7.01. The van der Waals surface area contributed by atoms with E-state index in [4.69, 9.17) is 14.2 Å². The normalized spacial score (nSPS) is 22.6. The van der Waals surface area contributed by atoms with Crippen LogP contribution in [0, 0.1) is 12.8 Å². The molecule has 1 aromatic heterocycles. The van der Waals surface area contributed by atoms with E-state index in [9.17, 15) is 14.4 Å². The van der Waals surface area contributed by atoms with E-state index >= 15 is 0 Å². The molecule has 1 saturated heterocycles. The zero-order chi connectivity index (χ0) is 30.9. The molecule has 3 unspecified atom stereocenters. The smallest absolute Gasteiger partial charge is 0.340 e. The lowest BCUT2D eigenvalue weighted by Crippen LogP contribution is -2.60. The lowest BCUT2D eigenvalue weighted by molar-refractivity contribution is -0.149. The molecule has 0 saturated carbocycles. The number of β-lactam (4-membered cyclic amide) rings is 1. The molecule has 3 aromatic carbocycles. The fraction of sp³-hybridized carbons (Fsp3) is 0.250. The minimum atomic E-state index is -1.11. The lowest BCUT2D eigenvalue weighted by Gasteiger charge is -2.50. The van der Waals surface area contributed by atoms with Crippen molar-refractivity contribution in [1.82, 2.24) is 4.90 Å². The lowest BCUT2D eigenvalue weighted by atomic mass is 9.77. The number of ketones is 1. The Morgan fingerprint density at radius 1 is 0.978 bits per heavy atom. The van der Waals surface area contributed by atoms with Gasteiger partial charge in [-0.25, -0.2) is 4.79 Å². The van der Waals surface area contributed by atoms with E-state index in [1.54, 1.807) is 29.2 Å². The van der Waals surface area contributed by atoms with Crippen LogP contribution in [-0.4, -0.2) is 40.3 Å². The van der Waals surface area contributed by atoms with Gasteiger partial charge in [0.2, 0.25) is 5.91 Å². The van der Waals surface area contributed by atoms with Crippen molar-refractivity contribution in [3.8, 4) is 17.2 Å². The molecule has 1 fully saturated rings. The summed E-state index contributed by atoms with van der Waals surface area (Å²) in [6.07, 6.45) is 0.668. The Bertz CT molecular complexity index is 1930. The molecule has 7 nitrogen and oxygen atoms in total. The van der Waals surface area contributed by atoms with Gasteiger partial charge in [-0.1, -0.05) is 36.4 Å². The summed E-state index contributed by atoms with van der Waals surface area (Å²) in [6, 6.07) is 22.9. The molecular weight excluding hydrogens is 607 g/mol. The maximum absolute atomic E-state index is 13.1. The summed E-state index contributed by atoms with van der Waals surface area (Å²) in [7, 11) is 0. The Labute approximate surface area is 268 Å². The molecule has 9 heteroatoms. The second-order valence-electron chi connectivity index (χ2n) is 11.9. The summed E-state index contributed by atoms with van der Waals surface area (Å²) >= 11 is 3.26. The van der Waals surface area contributed by atoms with Gasteiger partial charge in [-0.15, -0.1) is 23.1 Å². The third-order valence-electron chi connectivity index (χ3n) is 9.11.